The second-order valence-electron chi connectivity index (χ2n) is 20.1. The molecule has 3 N–H and O–H groups in total. The molecular formula is C58H113NO5. The summed E-state index contributed by atoms with van der Waals surface area (Å²) in [6, 6.07) is -0.698. The summed E-state index contributed by atoms with van der Waals surface area (Å²) in [4.78, 5) is 26.2. The molecule has 0 saturated heterocycles. The lowest BCUT2D eigenvalue weighted by Crippen LogP contribution is -2.46. The Labute approximate surface area is 399 Å². The molecule has 0 aliphatic heterocycles. The van der Waals surface area contributed by atoms with Crippen molar-refractivity contribution in [1.82, 2.24) is 5.32 Å². The molecule has 0 aromatic rings. The quantitative estimate of drug-likeness (QED) is 0.0321. The van der Waals surface area contributed by atoms with E-state index in [4.69, 9.17) is 4.74 Å². The third-order valence-corrected chi connectivity index (χ3v) is 13.6. The van der Waals surface area contributed by atoms with Gasteiger partial charge >= 0.3 is 5.97 Å². The summed E-state index contributed by atoms with van der Waals surface area (Å²) in [6.07, 6.45) is 59.9. The van der Waals surface area contributed by atoms with E-state index in [1.807, 2.05) is 0 Å². The van der Waals surface area contributed by atoms with E-state index >= 15 is 0 Å². The number of nitrogens with one attached hydrogen (secondary N) is 1. The predicted octanol–water partition coefficient (Wildman–Crippen LogP) is 17.7. The van der Waals surface area contributed by atoms with Crippen LogP contribution in [0.25, 0.3) is 0 Å². The minimum atomic E-state index is -0.785. The van der Waals surface area contributed by atoms with Gasteiger partial charge in [-0.25, -0.2) is 0 Å². The summed E-state index contributed by atoms with van der Waals surface area (Å²) >= 11 is 0. The predicted molar refractivity (Wildman–Crippen MR) is 278 cm³/mol. The molecule has 0 aromatic heterocycles. The van der Waals surface area contributed by atoms with Gasteiger partial charge in [-0.2, -0.15) is 0 Å². The van der Waals surface area contributed by atoms with Crippen LogP contribution in [0.3, 0.4) is 0 Å². The first-order chi connectivity index (χ1) is 31.5. The minimum absolute atomic E-state index is 0.0794. The van der Waals surface area contributed by atoms with Crippen LogP contribution in [0.15, 0.2) is 12.2 Å². The SMILES string of the molecule is CCCCCC/C=C\CCCCCCCC(CC(=O)NC(CO)C(O)CCCCCCCCCCCCCCCCCCC)OC(=O)CCCCCCCCCCCCCCCCC. The molecule has 0 bridgehead atoms. The molecule has 0 radical (unpaired) electrons. The molecule has 0 fully saturated rings. The summed E-state index contributed by atoms with van der Waals surface area (Å²) in [6.45, 7) is 6.51. The van der Waals surface area contributed by atoms with Crippen LogP contribution in [-0.2, 0) is 14.3 Å². The van der Waals surface area contributed by atoms with E-state index in [-0.39, 0.29) is 24.9 Å². The lowest BCUT2D eigenvalue weighted by Gasteiger charge is -2.24. The molecule has 3 unspecified atom stereocenters. The molecule has 0 aliphatic rings. The molecule has 380 valence electrons. The van der Waals surface area contributed by atoms with Crippen LogP contribution in [0.5, 0.6) is 0 Å². The first kappa shape index (κ1) is 62.6. The smallest absolute Gasteiger partial charge is 0.306 e. The number of aliphatic hydroxyl groups excluding tert-OH is 2. The fraction of sp³-hybridized carbons (Fsp3) is 0.931. The molecule has 0 rings (SSSR count). The zero-order valence-electron chi connectivity index (χ0n) is 43.4. The van der Waals surface area contributed by atoms with Crippen molar-refractivity contribution in [3.8, 4) is 0 Å². The molecular weight excluding hydrogens is 791 g/mol. The van der Waals surface area contributed by atoms with Gasteiger partial charge in [-0.3, -0.25) is 9.59 Å². The second-order valence-corrected chi connectivity index (χ2v) is 20.1. The number of unbranched alkanes of at least 4 members (excludes halogenated alkanes) is 39. The van der Waals surface area contributed by atoms with Crippen molar-refractivity contribution in [3.05, 3.63) is 12.2 Å². The Morgan fingerprint density at radius 1 is 0.438 bits per heavy atom. The number of hydrogen-bond donors (Lipinski definition) is 3. The van der Waals surface area contributed by atoms with E-state index in [2.05, 4.69) is 38.2 Å². The number of amides is 1. The summed E-state index contributed by atoms with van der Waals surface area (Å²) in [7, 11) is 0. The molecule has 0 spiro atoms. The second kappa shape index (κ2) is 52.6. The average Bonchev–Trinajstić information content (AvgIpc) is 3.29. The van der Waals surface area contributed by atoms with Crippen molar-refractivity contribution < 1.29 is 24.5 Å². The maximum absolute atomic E-state index is 13.3. The van der Waals surface area contributed by atoms with E-state index in [0.29, 0.717) is 19.3 Å². The fourth-order valence-electron chi connectivity index (χ4n) is 9.19. The summed E-state index contributed by atoms with van der Waals surface area (Å²) in [5, 5.41) is 23.9. The highest BCUT2D eigenvalue weighted by Gasteiger charge is 2.24. The third kappa shape index (κ3) is 47.1. The van der Waals surface area contributed by atoms with Crippen molar-refractivity contribution in [1.29, 1.82) is 0 Å². The van der Waals surface area contributed by atoms with Gasteiger partial charge in [0, 0.05) is 6.42 Å². The lowest BCUT2D eigenvalue weighted by molar-refractivity contribution is -0.151. The molecule has 3 atom stereocenters. The van der Waals surface area contributed by atoms with Crippen LogP contribution in [0.1, 0.15) is 323 Å². The van der Waals surface area contributed by atoms with E-state index in [0.717, 1.165) is 57.8 Å². The number of aliphatic hydroxyl groups is 2. The van der Waals surface area contributed by atoms with Gasteiger partial charge in [-0.15, -0.1) is 0 Å². The number of hydrogen-bond acceptors (Lipinski definition) is 5. The van der Waals surface area contributed by atoms with E-state index in [1.54, 1.807) is 0 Å². The maximum Gasteiger partial charge on any atom is 0.306 e. The molecule has 1 amide bonds. The van der Waals surface area contributed by atoms with E-state index < -0.39 is 18.2 Å². The van der Waals surface area contributed by atoms with Crippen molar-refractivity contribution in [2.24, 2.45) is 0 Å². The fourth-order valence-corrected chi connectivity index (χ4v) is 9.19. The zero-order chi connectivity index (χ0) is 46.7. The molecule has 0 heterocycles. The van der Waals surface area contributed by atoms with E-state index in [9.17, 15) is 19.8 Å². The summed E-state index contributed by atoms with van der Waals surface area (Å²) in [5.41, 5.74) is 0. The van der Waals surface area contributed by atoms with Crippen molar-refractivity contribution in [2.45, 2.75) is 341 Å². The Morgan fingerprint density at radius 2 is 0.750 bits per heavy atom. The number of carbonyl (C=O) groups is 2. The highest BCUT2D eigenvalue weighted by atomic mass is 16.5. The summed E-state index contributed by atoms with van der Waals surface area (Å²) < 4.78 is 5.96. The largest absolute Gasteiger partial charge is 0.462 e. The first-order valence-corrected chi connectivity index (χ1v) is 28.9. The van der Waals surface area contributed by atoms with Crippen molar-refractivity contribution in [2.75, 3.05) is 6.61 Å². The van der Waals surface area contributed by atoms with Gasteiger partial charge in [-0.1, -0.05) is 270 Å². The Bertz CT molecular complexity index is 970. The molecule has 64 heavy (non-hydrogen) atoms. The van der Waals surface area contributed by atoms with Crippen molar-refractivity contribution >= 4 is 11.9 Å². The van der Waals surface area contributed by atoms with Crippen LogP contribution < -0.4 is 5.32 Å². The molecule has 0 aromatic carbocycles. The molecule has 6 heteroatoms. The van der Waals surface area contributed by atoms with Gasteiger partial charge in [0.25, 0.3) is 0 Å². The van der Waals surface area contributed by atoms with Crippen molar-refractivity contribution in [3.63, 3.8) is 0 Å². The van der Waals surface area contributed by atoms with Gasteiger partial charge in [0.15, 0.2) is 0 Å². The Hall–Kier alpha value is -1.40. The van der Waals surface area contributed by atoms with Gasteiger partial charge in [0.05, 0.1) is 25.2 Å². The summed E-state index contributed by atoms with van der Waals surface area (Å²) in [5.74, 6) is -0.460. The number of allylic oxidation sites excluding steroid dienone is 2. The molecule has 0 aliphatic carbocycles. The van der Waals surface area contributed by atoms with Gasteiger partial charge in [-0.05, 0) is 51.4 Å². The van der Waals surface area contributed by atoms with Crippen LogP contribution in [0.4, 0.5) is 0 Å². The van der Waals surface area contributed by atoms with Crippen LogP contribution in [0.2, 0.25) is 0 Å². The van der Waals surface area contributed by atoms with Gasteiger partial charge in [0.1, 0.15) is 6.10 Å². The highest BCUT2D eigenvalue weighted by molar-refractivity contribution is 5.77. The van der Waals surface area contributed by atoms with Crippen LogP contribution in [0, 0.1) is 0 Å². The first-order valence-electron chi connectivity index (χ1n) is 28.9. The highest BCUT2D eigenvalue weighted by Crippen LogP contribution is 2.19. The Kier molecular flexibility index (Phi) is 51.4. The number of ether oxygens (including phenoxy) is 1. The maximum atomic E-state index is 13.3. The average molecular weight is 905 g/mol. The Morgan fingerprint density at radius 3 is 1.12 bits per heavy atom. The zero-order valence-corrected chi connectivity index (χ0v) is 43.4. The molecule has 0 saturated carbocycles. The normalized spacial score (nSPS) is 13.1. The number of esters is 1. The monoisotopic (exact) mass is 904 g/mol. The Balaban J connectivity index is 4.46. The van der Waals surface area contributed by atoms with Crippen LogP contribution >= 0.6 is 0 Å². The van der Waals surface area contributed by atoms with Crippen LogP contribution in [-0.4, -0.2) is 46.9 Å². The lowest BCUT2D eigenvalue weighted by atomic mass is 10.0. The minimum Gasteiger partial charge on any atom is -0.462 e. The number of rotatable bonds is 53. The topological polar surface area (TPSA) is 95.9 Å². The third-order valence-electron chi connectivity index (χ3n) is 13.6. The van der Waals surface area contributed by atoms with Gasteiger partial charge < -0.3 is 20.3 Å². The molecule has 6 nitrogen and oxygen atoms in total. The van der Waals surface area contributed by atoms with E-state index in [1.165, 1.54) is 218 Å². The number of carbonyl (C=O) groups excluding carboxylic acids is 2. The standard InChI is InChI=1S/C58H113NO5/c1-4-7-10-13-16-19-22-25-27-28-30-32-35-38-41-44-47-50-56(61)55(53-60)59-57(62)52-54(49-46-43-40-37-34-31-24-21-18-15-12-9-6-3)64-58(63)51-48-45-42-39-36-33-29-26-23-20-17-14-11-8-5-2/h21,24,54-56,60-61H,4-20,22-23,25-53H2,1-3H3,(H,59,62)/b24-21-. The van der Waals surface area contributed by atoms with Gasteiger partial charge in [0.2, 0.25) is 5.91 Å².